The second kappa shape index (κ2) is 7.52. The summed E-state index contributed by atoms with van der Waals surface area (Å²) in [6.45, 7) is 7.41. The molecule has 5 heteroatoms. The van der Waals surface area contributed by atoms with E-state index < -0.39 is 5.54 Å². The van der Waals surface area contributed by atoms with E-state index in [9.17, 15) is 9.59 Å². The first kappa shape index (κ1) is 18.5. The van der Waals surface area contributed by atoms with E-state index in [0.29, 0.717) is 31.8 Å². The average molecular weight is 355 g/mol. The number of rotatable bonds is 7. The van der Waals surface area contributed by atoms with Crippen LogP contribution in [0, 0.1) is 5.92 Å². The van der Waals surface area contributed by atoms with Gasteiger partial charge in [-0.25, -0.2) is 0 Å². The molecule has 140 valence electrons. The Bertz CT molecular complexity index is 795. The largest absolute Gasteiger partial charge is 0.361 e. The van der Waals surface area contributed by atoms with Gasteiger partial charge >= 0.3 is 0 Å². The second-order valence-electron chi connectivity index (χ2n) is 7.87. The van der Waals surface area contributed by atoms with Crippen molar-refractivity contribution >= 4 is 22.7 Å². The van der Waals surface area contributed by atoms with Gasteiger partial charge in [0.2, 0.25) is 11.8 Å². The highest BCUT2D eigenvalue weighted by atomic mass is 16.2. The summed E-state index contributed by atoms with van der Waals surface area (Å²) in [5, 5.41) is 4.21. The van der Waals surface area contributed by atoms with E-state index >= 15 is 0 Å². The first-order valence-electron chi connectivity index (χ1n) is 9.55. The third-order valence-electron chi connectivity index (χ3n) is 5.50. The summed E-state index contributed by atoms with van der Waals surface area (Å²) in [7, 11) is 0. The molecule has 2 N–H and O–H groups in total. The molecule has 1 atom stereocenters. The van der Waals surface area contributed by atoms with Crippen LogP contribution in [0.25, 0.3) is 10.9 Å². The van der Waals surface area contributed by atoms with Crippen LogP contribution in [0.3, 0.4) is 0 Å². The van der Waals surface area contributed by atoms with Crippen molar-refractivity contribution < 1.29 is 9.59 Å². The first-order valence-corrected chi connectivity index (χ1v) is 9.55. The minimum atomic E-state index is -0.736. The summed E-state index contributed by atoms with van der Waals surface area (Å²) in [4.78, 5) is 30.3. The number of aromatic nitrogens is 1. The van der Waals surface area contributed by atoms with Crippen LogP contribution in [0.2, 0.25) is 0 Å². The zero-order valence-corrected chi connectivity index (χ0v) is 16.0. The molecule has 0 saturated carbocycles. The van der Waals surface area contributed by atoms with Gasteiger partial charge in [0, 0.05) is 36.6 Å². The number of carbonyl (C=O) groups excluding carboxylic acids is 2. The summed E-state index contributed by atoms with van der Waals surface area (Å²) < 4.78 is 0. The Morgan fingerprint density at radius 3 is 2.88 bits per heavy atom. The molecule has 5 nitrogen and oxygen atoms in total. The van der Waals surface area contributed by atoms with Crippen molar-refractivity contribution in [1.29, 1.82) is 0 Å². The van der Waals surface area contributed by atoms with Crippen LogP contribution in [0.4, 0.5) is 0 Å². The van der Waals surface area contributed by atoms with Crippen molar-refractivity contribution in [2.45, 2.75) is 52.0 Å². The number of fused-ring (bicyclic) bond motifs is 1. The van der Waals surface area contributed by atoms with Gasteiger partial charge in [0.05, 0.1) is 0 Å². The number of carbonyl (C=O) groups is 2. The Labute approximate surface area is 155 Å². The SMILES string of the molecule is CC(C)CCNC(=O)[C@]1(C)CCC(=O)N1CCc1c[nH]c2ccccc12. The molecule has 0 aliphatic carbocycles. The van der Waals surface area contributed by atoms with Crippen LogP contribution in [-0.2, 0) is 16.0 Å². The molecular weight excluding hydrogens is 326 g/mol. The van der Waals surface area contributed by atoms with Crippen molar-refractivity contribution in [3.63, 3.8) is 0 Å². The predicted octanol–water partition coefficient (Wildman–Crippen LogP) is 3.25. The number of H-pyrrole nitrogens is 1. The Morgan fingerprint density at radius 1 is 1.35 bits per heavy atom. The lowest BCUT2D eigenvalue weighted by Gasteiger charge is -2.34. The summed E-state index contributed by atoms with van der Waals surface area (Å²) >= 11 is 0. The van der Waals surface area contributed by atoms with Gasteiger partial charge in [-0.15, -0.1) is 0 Å². The minimum Gasteiger partial charge on any atom is -0.361 e. The Hall–Kier alpha value is -2.30. The third kappa shape index (κ3) is 3.62. The first-order chi connectivity index (χ1) is 12.4. The molecule has 2 aromatic rings. The molecular formula is C21H29N3O2. The van der Waals surface area contributed by atoms with Crippen LogP contribution in [0.5, 0.6) is 0 Å². The molecule has 1 fully saturated rings. The lowest BCUT2D eigenvalue weighted by molar-refractivity contribution is -0.140. The molecule has 1 saturated heterocycles. The minimum absolute atomic E-state index is 0.0251. The molecule has 1 aliphatic rings. The highest BCUT2D eigenvalue weighted by Gasteiger charge is 2.46. The van der Waals surface area contributed by atoms with E-state index in [1.165, 1.54) is 10.9 Å². The van der Waals surface area contributed by atoms with Gasteiger partial charge in [0.1, 0.15) is 5.54 Å². The predicted molar refractivity (Wildman–Crippen MR) is 104 cm³/mol. The van der Waals surface area contributed by atoms with Crippen molar-refractivity contribution in [2.24, 2.45) is 5.92 Å². The summed E-state index contributed by atoms with van der Waals surface area (Å²) in [5.74, 6) is 0.598. The molecule has 2 heterocycles. The van der Waals surface area contributed by atoms with Crippen molar-refractivity contribution in [1.82, 2.24) is 15.2 Å². The highest BCUT2D eigenvalue weighted by Crippen LogP contribution is 2.31. The lowest BCUT2D eigenvalue weighted by atomic mass is 9.96. The van der Waals surface area contributed by atoms with E-state index in [2.05, 4.69) is 30.2 Å². The van der Waals surface area contributed by atoms with Gasteiger partial charge in [0.15, 0.2) is 0 Å². The standard InChI is InChI=1S/C21H29N3O2/c1-15(2)9-12-22-20(26)21(3)11-8-19(25)24(21)13-10-16-14-23-18-7-5-4-6-17(16)18/h4-7,14-15,23H,8-13H2,1-3H3,(H,22,26)/t21-/m0/s1. The normalized spacial score (nSPS) is 20.3. The van der Waals surface area contributed by atoms with Crippen LogP contribution in [-0.4, -0.2) is 40.3 Å². The lowest BCUT2D eigenvalue weighted by Crippen LogP contribution is -2.55. The van der Waals surface area contributed by atoms with E-state index in [1.807, 2.05) is 31.3 Å². The number of benzene rings is 1. The highest BCUT2D eigenvalue weighted by molar-refractivity contribution is 5.94. The molecule has 0 unspecified atom stereocenters. The molecule has 1 aromatic heterocycles. The molecule has 0 radical (unpaired) electrons. The molecule has 26 heavy (non-hydrogen) atoms. The zero-order valence-electron chi connectivity index (χ0n) is 16.0. The number of hydrogen-bond acceptors (Lipinski definition) is 2. The molecule has 0 bridgehead atoms. The second-order valence-corrected chi connectivity index (χ2v) is 7.87. The summed E-state index contributed by atoms with van der Waals surface area (Å²) in [6.07, 6.45) is 4.73. The quantitative estimate of drug-likeness (QED) is 0.801. The number of aromatic amines is 1. The molecule has 3 rings (SSSR count). The smallest absolute Gasteiger partial charge is 0.245 e. The number of nitrogens with zero attached hydrogens (tertiary/aromatic N) is 1. The maximum Gasteiger partial charge on any atom is 0.245 e. The fourth-order valence-electron chi connectivity index (χ4n) is 3.74. The van der Waals surface area contributed by atoms with Crippen molar-refractivity contribution in [3.8, 4) is 0 Å². The third-order valence-corrected chi connectivity index (χ3v) is 5.50. The number of nitrogens with one attached hydrogen (secondary N) is 2. The van der Waals surface area contributed by atoms with Crippen LogP contribution in [0.15, 0.2) is 30.5 Å². The number of hydrogen-bond donors (Lipinski definition) is 2. The zero-order chi connectivity index (χ0) is 18.7. The van der Waals surface area contributed by atoms with Gasteiger partial charge in [0.25, 0.3) is 0 Å². The topological polar surface area (TPSA) is 65.2 Å². The summed E-state index contributed by atoms with van der Waals surface area (Å²) in [6, 6.07) is 8.16. The van der Waals surface area contributed by atoms with Crippen LogP contribution >= 0.6 is 0 Å². The van der Waals surface area contributed by atoms with Crippen LogP contribution < -0.4 is 5.32 Å². The molecule has 1 aliphatic heterocycles. The van der Waals surface area contributed by atoms with Crippen molar-refractivity contribution in [3.05, 3.63) is 36.0 Å². The number of likely N-dealkylation sites (tertiary alicyclic amines) is 1. The van der Waals surface area contributed by atoms with Gasteiger partial charge in [-0.1, -0.05) is 32.0 Å². The van der Waals surface area contributed by atoms with E-state index in [1.54, 1.807) is 4.90 Å². The number of para-hydroxylation sites is 1. The van der Waals surface area contributed by atoms with Gasteiger partial charge < -0.3 is 15.2 Å². The van der Waals surface area contributed by atoms with Gasteiger partial charge in [-0.05, 0) is 43.7 Å². The number of amides is 2. The Kier molecular flexibility index (Phi) is 5.35. The van der Waals surface area contributed by atoms with Crippen molar-refractivity contribution in [2.75, 3.05) is 13.1 Å². The monoisotopic (exact) mass is 355 g/mol. The van der Waals surface area contributed by atoms with Gasteiger partial charge in [-0.2, -0.15) is 0 Å². The average Bonchev–Trinajstić information content (AvgIpc) is 3.15. The summed E-state index contributed by atoms with van der Waals surface area (Å²) in [5.41, 5.74) is 1.55. The Morgan fingerprint density at radius 2 is 2.12 bits per heavy atom. The van der Waals surface area contributed by atoms with E-state index in [-0.39, 0.29) is 11.8 Å². The fourth-order valence-corrected chi connectivity index (χ4v) is 3.74. The fraction of sp³-hybridized carbons (Fsp3) is 0.524. The molecule has 0 spiro atoms. The van der Waals surface area contributed by atoms with E-state index in [0.717, 1.165) is 18.4 Å². The molecule has 2 amide bonds. The molecule has 1 aromatic carbocycles. The van der Waals surface area contributed by atoms with Gasteiger partial charge in [-0.3, -0.25) is 9.59 Å². The maximum absolute atomic E-state index is 12.8. The van der Waals surface area contributed by atoms with Crippen LogP contribution in [0.1, 0.15) is 45.6 Å². The Balaban J connectivity index is 1.68. The maximum atomic E-state index is 12.8. The van der Waals surface area contributed by atoms with E-state index in [4.69, 9.17) is 0 Å².